The Morgan fingerprint density at radius 2 is 1.86 bits per heavy atom. The highest BCUT2D eigenvalue weighted by atomic mass is 35.5. The fourth-order valence-corrected chi connectivity index (χ4v) is 3.04. The summed E-state index contributed by atoms with van der Waals surface area (Å²) >= 11 is 6.30. The van der Waals surface area contributed by atoms with E-state index in [1.54, 1.807) is 24.4 Å². The number of hydrogen-bond donors (Lipinski definition) is 1. The summed E-state index contributed by atoms with van der Waals surface area (Å²) in [5.74, 6) is 0.741. The Morgan fingerprint density at radius 1 is 1.10 bits per heavy atom. The summed E-state index contributed by atoms with van der Waals surface area (Å²) in [6, 6.07) is 11.6. The third-order valence-corrected chi connectivity index (χ3v) is 4.77. The second kappa shape index (κ2) is 12.8. The van der Waals surface area contributed by atoms with Gasteiger partial charge in [0.25, 0.3) is 5.69 Å². The van der Waals surface area contributed by atoms with Gasteiger partial charge in [-0.25, -0.2) is 0 Å². The number of non-ortho nitro benzene ring substituents is 1. The third kappa shape index (κ3) is 8.52. The molecule has 0 radical (unpaired) electrons. The van der Waals surface area contributed by atoms with Crippen molar-refractivity contribution in [2.45, 2.75) is 51.9 Å². The molecule has 0 aromatic heterocycles. The van der Waals surface area contributed by atoms with Crippen LogP contribution in [0.3, 0.4) is 0 Å². The number of rotatable bonds is 13. The van der Waals surface area contributed by atoms with Gasteiger partial charge in [-0.1, -0.05) is 63.1 Å². The lowest BCUT2D eigenvalue weighted by Gasteiger charge is -2.08. The smallest absolute Gasteiger partial charge is 0.271 e. The molecule has 0 amide bonds. The van der Waals surface area contributed by atoms with Gasteiger partial charge in [-0.2, -0.15) is 5.10 Å². The molecule has 2 aromatic rings. The SMILES string of the molecule is CCCCCCCCCOc1ccc(C=NNc2cccc([N+](=O)[O-])c2)c(Cl)c1. The van der Waals surface area contributed by atoms with Gasteiger partial charge in [-0.05, 0) is 30.7 Å². The van der Waals surface area contributed by atoms with E-state index >= 15 is 0 Å². The van der Waals surface area contributed by atoms with Gasteiger partial charge in [0.1, 0.15) is 5.75 Å². The maximum atomic E-state index is 10.8. The van der Waals surface area contributed by atoms with Crippen LogP contribution in [0.1, 0.15) is 57.4 Å². The van der Waals surface area contributed by atoms with Crippen molar-refractivity contribution in [1.82, 2.24) is 0 Å². The highest BCUT2D eigenvalue weighted by Gasteiger charge is 2.05. The zero-order valence-electron chi connectivity index (χ0n) is 16.8. The van der Waals surface area contributed by atoms with Gasteiger partial charge in [0, 0.05) is 17.7 Å². The molecule has 0 atom stereocenters. The van der Waals surface area contributed by atoms with E-state index in [9.17, 15) is 10.1 Å². The molecule has 0 unspecified atom stereocenters. The van der Waals surface area contributed by atoms with Gasteiger partial charge in [0.2, 0.25) is 0 Å². The monoisotopic (exact) mass is 417 g/mol. The van der Waals surface area contributed by atoms with Crippen LogP contribution in [0.15, 0.2) is 47.6 Å². The fraction of sp³-hybridized carbons (Fsp3) is 0.409. The molecule has 0 aliphatic carbocycles. The Labute approximate surface area is 177 Å². The van der Waals surface area contributed by atoms with Crippen LogP contribution in [-0.2, 0) is 0 Å². The number of nitrogens with zero attached hydrogens (tertiary/aromatic N) is 2. The first-order valence-corrected chi connectivity index (χ1v) is 10.4. The molecule has 6 nitrogen and oxygen atoms in total. The van der Waals surface area contributed by atoms with E-state index < -0.39 is 4.92 Å². The summed E-state index contributed by atoms with van der Waals surface area (Å²) in [6.07, 6.45) is 10.3. The normalized spacial score (nSPS) is 11.0. The first kappa shape index (κ1) is 22.7. The molecule has 2 aromatic carbocycles. The zero-order valence-corrected chi connectivity index (χ0v) is 17.5. The van der Waals surface area contributed by atoms with E-state index in [0.29, 0.717) is 17.3 Å². The molecule has 0 fully saturated rings. The molecule has 0 saturated heterocycles. The Bertz CT molecular complexity index is 812. The molecule has 29 heavy (non-hydrogen) atoms. The van der Waals surface area contributed by atoms with E-state index in [1.807, 2.05) is 12.1 Å². The molecule has 0 spiro atoms. The summed E-state index contributed by atoms with van der Waals surface area (Å²) in [6.45, 7) is 2.91. The van der Waals surface area contributed by atoms with Gasteiger partial charge in [-0.3, -0.25) is 15.5 Å². The zero-order chi connectivity index (χ0) is 20.9. The Hall–Kier alpha value is -2.60. The van der Waals surface area contributed by atoms with Crippen LogP contribution in [0.4, 0.5) is 11.4 Å². The molecule has 0 aliphatic heterocycles. The van der Waals surface area contributed by atoms with Crippen LogP contribution in [0.5, 0.6) is 5.75 Å². The lowest BCUT2D eigenvalue weighted by Crippen LogP contribution is -1.98. The molecule has 0 saturated carbocycles. The summed E-state index contributed by atoms with van der Waals surface area (Å²) in [5, 5.41) is 15.4. The van der Waals surface area contributed by atoms with Gasteiger partial charge < -0.3 is 4.74 Å². The number of nitro groups is 1. The van der Waals surface area contributed by atoms with Crippen molar-refractivity contribution in [2.24, 2.45) is 5.10 Å². The molecule has 0 heterocycles. The van der Waals surface area contributed by atoms with Crippen LogP contribution < -0.4 is 10.2 Å². The van der Waals surface area contributed by atoms with Gasteiger partial charge >= 0.3 is 0 Å². The van der Waals surface area contributed by atoms with Crippen molar-refractivity contribution in [3.05, 3.63) is 63.2 Å². The predicted octanol–water partition coefficient (Wildman–Crippen LogP) is 6.82. The lowest BCUT2D eigenvalue weighted by atomic mass is 10.1. The quantitative estimate of drug-likeness (QED) is 0.168. The van der Waals surface area contributed by atoms with E-state index in [1.165, 1.54) is 50.7 Å². The number of nitrogens with one attached hydrogen (secondary N) is 1. The largest absolute Gasteiger partial charge is 0.494 e. The van der Waals surface area contributed by atoms with Crippen molar-refractivity contribution < 1.29 is 9.66 Å². The summed E-state index contributed by atoms with van der Waals surface area (Å²) in [5.41, 5.74) is 4.04. The second-order valence-corrected chi connectivity index (χ2v) is 7.24. The molecule has 0 bridgehead atoms. The number of nitro benzene ring substituents is 1. The average Bonchev–Trinajstić information content (AvgIpc) is 2.71. The van der Waals surface area contributed by atoms with Crippen molar-refractivity contribution in [2.75, 3.05) is 12.0 Å². The van der Waals surface area contributed by atoms with Crippen molar-refractivity contribution in [3.63, 3.8) is 0 Å². The van der Waals surface area contributed by atoms with Crippen LogP contribution in [0, 0.1) is 10.1 Å². The van der Waals surface area contributed by atoms with Crippen molar-refractivity contribution in [1.29, 1.82) is 0 Å². The minimum atomic E-state index is -0.447. The number of hydrogen-bond acceptors (Lipinski definition) is 5. The Kier molecular flexibility index (Phi) is 10.00. The van der Waals surface area contributed by atoms with E-state index in [4.69, 9.17) is 16.3 Å². The van der Waals surface area contributed by atoms with E-state index in [-0.39, 0.29) is 5.69 Å². The molecule has 0 aliphatic rings. The lowest BCUT2D eigenvalue weighted by molar-refractivity contribution is -0.384. The summed E-state index contributed by atoms with van der Waals surface area (Å²) in [7, 11) is 0. The van der Waals surface area contributed by atoms with Crippen molar-refractivity contribution in [3.8, 4) is 5.75 Å². The number of halogens is 1. The van der Waals surface area contributed by atoms with Gasteiger partial charge in [0.15, 0.2) is 0 Å². The average molecular weight is 418 g/mol. The number of anilines is 1. The first-order chi connectivity index (χ1) is 14.1. The molecule has 2 rings (SSSR count). The van der Waals surface area contributed by atoms with Crippen LogP contribution >= 0.6 is 11.6 Å². The fourth-order valence-electron chi connectivity index (χ4n) is 2.82. The van der Waals surface area contributed by atoms with Gasteiger partial charge in [-0.15, -0.1) is 0 Å². The topological polar surface area (TPSA) is 76.8 Å². The van der Waals surface area contributed by atoms with Crippen molar-refractivity contribution >= 4 is 29.2 Å². The minimum Gasteiger partial charge on any atom is -0.494 e. The molecular formula is C22H28ClN3O3. The minimum absolute atomic E-state index is 0.00527. The van der Waals surface area contributed by atoms with E-state index in [2.05, 4.69) is 17.5 Å². The van der Waals surface area contributed by atoms with Crippen LogP contribution in [0.2, 0.25) is 5.02 Å². The second-order valence-electron chi connectivity index (χ2n) is 6.83. The maximum absolute atomic E-state index is 10.8. The van der Waals surface area contributed by atoms with Crippen LogP contribution in [0.25, 0.3) is 0 Å². The Balaban J connectivity index is 1.76. The Morgan fingerprint density at radius 3 is 2.59 bits per heavy atom. The molecule has 156 valence electrons. The third-order valence-electron chi connectivity index (χ3n) is 4.44. The number of ether oxygens (including phenoxy) is 1. The summed E-state index contributed by atoms with van der Waals surface area (Å²) < 4.78 is 5.77. The molecule has 7 heteroatoms. The number of unbranched alkanes of at least 4 members (excludes halogenated alkanes) is 6. The number of hydrazone groups is 1. The molecule has 1 N–H and O–H groups in total. The highest BCUT2D eigenvalue weighted by molar-refractivity contribution is 6.33. The van der Waals surface area contributed by atoms with Gasteiger partial charge in [0.05, 0.1) is 28.5 Å². The van der Waals surface area contributed by atoms with Crippen LogP contribution in [-0.4, -0.2) is 17.7 Å². The predicted molar refractivity (Wildman–Crippen MR) is 119 cm³/mol. The molecular weight excluding hydrogens is 390 g/mol. The summed E-state index contributed by atoms with van der Waals surface area (Å²) in [4.78, 5) is 10.4. The number of benzene rings is 2. The maximum Gasteiger partial charge on any atom is 0.271 e. The first-order valence-electron chi connectivity index (χ1n) is 10.1. The van der Waals surface area contributed by atoms with E-state index in [0.717, 1.165) is 17.7 Å². The highest BCUT2D eigenvalue weighted by Crippen LogP contribution is 2.22. The standard InChI is InChI=1S/C22H28ClN3O3/c1-2-3-4-5-6-7-8-14-29-21-13-12-18(22(23)16-21)17-24-25-19-10-9-11-20(15-19)26(27)28/h9-13,15-17,25H,2-8,14H2,1H3.